The molecule has 0 aliphatic carbocycles. The Morgan fingerprint density at radius 1 is 1.12 bits per heavy atom. The second kappa shape index (κ2) is 6.83. The van der Waals surface area contributed by atoms with Crippen LogP contribution in [0.3, 0.4) is 0 Å². The van der Waals surface area contributed by atoms with Crippen molar-refractivity contribution in [1.82, 2.24) is 4.98 Å². The zero-order valence-electron chi connectivity index (χ0n) is 10.2. The van der Waals surface area contributed by atoms with Crippen LogP contribution < -0.4 is 0 Å². The molecule has 2 nitrogen and oxygen atoms in total. The maximum absolute atomic E-state index is 5.19. The van der Waals surface area contributed by atoms with Crippen molar-refractivity contribution in [3.05, 3.63) is 42.3 Å². The zero-order valence-corrected chi connectivity index (χ0v) is 10.2. The fourth-order valence-electron chi connectivity index (χ4n) is 1.17. The third kappa shape index (κ3) is 3.54. The average molecular weight is 217 g/mol. The summed E-state index contributed by atoms with van der Waals surface area (Å²) in [4.78, 5) is 4.08. The molecule has 0 atom stereocenters. The first-order valence-corrected chi connectivity index (χ1v) is 5.75. The van der Waals surface area contributed by atoms with E-state index in [9.17, 15) is 0 Å². The number of aryl methyl sites for hydroxylation is 1. The van der Waals surface area contributed by atoms with Gasteiger partial charge in [0.25, 0.3) is 0 Å². The Labute approximate surface area is 97.3 Å². The van der Waals surface area contributed by atoms with Gasteiger partial charge in [-0.2, -0.15) is 0 Å². The van der Waals surface area contributed by atoms with Crippen LogP contribution in [0.1, 0.15) is 32.3 Å². The molecule has 0 bridgehead atoms. The number of nitrogens with zero attached hydrogens (tertiary/aromatic N) is 1. The fourth-order valence-corrected chi connectivity index (χ4v) is 1.17. The van der Waals surface area contributed by atoms with Crippen LogP contribution in [0.4, 0.5) is 0 Å². The molecular weight excluding hydrogens is 198 g/mol. The van der Waals surface area contributed by atoms with Gasteiger partial charge in [-0.25, -0.2) is 4.98 Å². The van der Waals surface area contributed by atoms with E-state index in [1.807, 2.05) is 31.2 Å². The highest BCUT2D eigenvalue weighted by Gasteiger charge is 2.03. The molecular formula is C14H19NO. The molecule has 1 heterocycles. The largest absolute Gasteiger partial charge is 0.445 e. The van der Waals surface area contributed by atoms with Gasteiger partial charge < -0.3 is 4.42 Å². The zero-order chi connectivity index (χ0) is 11.8. The summed E-state index contributed by atoms with van der Waals surface area (Å²) in [6.07, 6.45) is 5.88. The Morgan fingerprint density at radius 3 is 2.31 bits per heavy atom. The molecule has 0 spiro atoms. The molecule has 0 amide bonds. The van der Waals surface area contributed by atoms with Gasteiger partial charge in [0.1, 0.15) is 6.26 Å². The second-order valence-corrected chi connectivity index (χ2v) is 3.65. The predicted molar refractivity (Wildman–Crippen MR) is 67.3 cm³/mol. The van der Waals surface area contributed by atoms with Crippen molar-refractivity contribution >= 4 is 0 Å². The van der Waals surface area contributed by atoms with E-state index in [1.54, 1.807) is 12.5 Å². The van der Waals surface area contributed by atoms with E-state index >= 15 is 0 Å². The average Bonchev–Trinajstić information content (AvgIpc) is 2.83. The Balaban J connectivity index is 0.000000280. The molecule has 1 aromatic heterocycles. The van der Waals surface area contributed by atoms with Crippen LogP contribution in [0.5, 0.6) is 0 Å². The molecule has 0 saturated heterocycles. The Morgan fingerprint density at radius 2 is 1.81 bits per heavy atom. The van der Waals surface area contributed by atoms with Crippen LogP contribution in [0.2, 0.25) is 0 Å². The van der Waals surface area contributed by atoms with Crippen molar-refractivity contribution < 1.29 is 4.42 Å². The van der Waals surface area contributed by atoms with E-state index in [-0.39, 0.29) is 0 Å². The Bertz CT molecular complexity index is 391. The van der Waals surface area contributed by atoms with Gasteiger partial charge in [-0.3, -0.25) is 0 Å². The van der Waals surface area contributed by atoms with Crippen molar-refractivity contribution in [3.8, 4) is 11.5 Å². The molecule has 16 heavy (non-hydrogen) atoms. The van der Waals surface area contributed by atoms with Crippen LogP contribution in [0.25, 0.3) is 11.5 Å². The van der Waals surface area contributed by atoms with E-state index in [1.165, 1.54) is 18.4 Å². The van der Waals surface area contributed by atoms with Gasteiger partial charge >= 0.3 is 0 Å². The van der Waals surface area contributed by atoms with Crippen LogP contribution in [-0.4, -0.2) is 4.98 Å². The molecule has 2 aromatic rings. The van der Waals surface area contributed by atoms with E-state index < -0.39 is 0 Å². The monoisotopic (exact) mass is 217 g/mol. The number of hydrogen-bond acceptors (Lipinski definition) is 2. The predicted octanol–water partition coefficient (Wildman–Crippen LogP) is 4.46. The lowest BCUT2D eigenvalue weighted by Crippen LogP contribution is -1.80. The van der Waals surface area contributed by atoms with E-state index in [4.69, 9.17) is 4.42 Å². The lowest BCUT2D eigenvalue weighted by molar-refractivity contribution is 0.574. The summed E-state index contributed by atoms with van der Waals surface area (Å²) >= 11 is 0. The number of rotatable bonds is 2. The molecule has 0 unspecified atom stereocenters. The van der Waals surface area contributed by atoms with Crippen molar-refractivity contribution in [2.75, 3.05) is 0 Å². The standard InChI is InChI=1S/C10H9NO.C4H10/c1-8-4-2-3-5-9(8)10-11-6-7-12-10;1-3-4-2/h2-7H,1H3;3-4H2,1-2H3. The van der Waals surface area contributed by atoms with Crippen LogP contribution in [-0.2, 0) is 0 Å². The molecule has 2 rings (SSSR count). The number of benzene rings is 1. The minimum Gasteiger partial charge on any atom is -0.445 e. The van der Waals surface area contributed by atoms with Crippen molar-refractivity contribution in [2.45, 2.75) is 33.6 Å². The van der Waals surface area contributed by atoms with Crippen molar-refractivity contribution in [1.29, 1.82) is 0 Å². The number of aromatic nitrogens is 1. The summed E-state index contributed by atoms with van der Waals surface area (Å²) in [6, 6.07) is 8.02. The minimum atomic E-state index is 0.688. The van der Waals surface area contributed by atoms with Crippen molar-refractivity contribution in [2.24, 2.45) is 0 Å². The molecule has 0 aliphatic heterocycles. The highest BCUT2D eigenvalue weighted by molar-refractivity contribution is 5.57. The van der Waals surface area contributed by atoms with E-state index in [2.05, 4.69) is 18.8 Å². The first kappa shape index (κ1) is 12.5. The number of hydrogen-bond donors (Lipinski definition) is 0. The highest BCUT2D eigenvalue weighted by Crippen LogP contribution is 2.20. The first-order chi connectivity index (χ1) is 7.79. The summed E-state index contributed by atoms with van der Waals surface area (Å²) in [5.41, 5.74) is 2.24. The third-order valence-corrected chi connectivity index (χ3v) is 2.31. The number of unbranched alkanes of at least 4 members (excludes halogenated alkanes) is 1. The SMILES string of the molecule is CCCC.Cc1ccccc1-c1ncco1. The fraction of sp³-hybridized carbons (Fsp3) is 0.357. The summed E-state index contributed by atoms with van der Waals surface area (Å²) in [5, 5.41) is 0. The normalized spacial score (nSPS) is 9.44. The van der Waals surface area contributed by atoms with Gasteiger partial charge in [0.05, 0.1) is 6.20 Å². The summed E-state index contributed by atoms with van der Waals surface area (Å²) in [7, 11) is 0. The van der Waals surface area contributed by atoms with Gasteiger partial charge in [0, 0.05) is 5.56 Å². The molecule has 0 fully saturated rings. The van der Waals surface area contributed by atoms with Gasteiger partial charge in [-0.05, 0) is 18.6 Å². The molecule has 0 N–H and O–H groups in total. The quantitative estimate of drug-likeness (QED) is 0.742. The molecule has 0 aliphatic rings. The van der Waals surface area contributed by atoms with E-state index in [0.29, 0.717) is 5.89 Å². The summed E-state index contributed by atoms with van der Waals surface area (Å²) in [6.45, 7) is 6.40. The van der Waals surface area contributed by atoms with Gasteiger partial charge in [0.2, 0.25) is 5.89 Å². The lowest BCUT2D eigenvalue weighted by Gasteiger charge is -1.98. The van der Waals surface area contributed by atoms with Gasteiger partial charge in [0.15, 0.2) is 0 Å². The lowest BCUT2D eigenvalue weighted by atomic mass is 10.1. The molecule has 2 heteroatoms. The first-order valence-electron chi connectivity index (χ1n) is 5.75. The Kier molecular flexibility index (Phi) is 5.34. The minimum absolute atomic E-state index is 0.688. The van der Waals surface area contributed by atoms with Crippen LogP contribution in [0.15, 0.2) is 41.1 Å². The second-order valence-electron chi connectivity index (χ2n) is 3.65. The topological polar surface area (TPSA) is 26.0 Å². The van der Waals surface area contributed by atoms with Crippen LogP contribution >= 0.6 is 0 Å². The molecule has 86 valence electrons. The maximum atomic E-state index is 5.19. The van der Waals surface area contributed by atoms with Crippen molar-refractivity contribution in [3.63, 3.8) is 0 Å². The molecule has 0 saturated carbocycles. The maximum Gasteiger partial charge on any atom is 0.226 e. The van der Waals surface area contributed by atoms with E-state index in [0.717, 1.165) is 5.56 Å². The third-order valence-electron chi connectivity index (χ3n) is 2.31. The van der Waals surface area contributed by atoms with Gasteiger partial charge in [-0.15, -0.1) is 0 Å². The number of oxazole rings is 1. The smallest absolute Gasteiger partial charge is 0.226 e. The summed E-state index contributed by atoms with van der Waals surface area (Å²) in [5.74, 6) is 0.688. The molecule has 0 radical (unpaired) electrons. The summed E-state index contributed by atoms with van der Waals surface area (Å²) < 4.78 is 5.19. The highest BCUT2D eigenvalue weighted by atomic mass is 16.3. The van der Waals surface area contributed by atoms with Gasteiger partial charge in [-0.1, -0.05) is 44.9 Å². The van der Waals surface area contributed by atoms with Crippen LogP contribution in [0, 0.1) is 6.92 Å². The Hall–Kier alpha value is -1.57. The molecule has 1 aromatic carbocycles.